The van der Waals surface area contributed by atoms with Crippen molar-refractivity contribution in [3.63, 3.8) is 0 Å². The van der Waals surface area contributed by atoms with Gasteiger partial charge < -0.3 is 10.6 Å². The van der Waals surface area contributed by atoms with Crippen LogP contribution in [0.15, 0.2) is 35.7 Å². The fourth-order valence-electron chi connectivity index (χ4n) is 2.04. The van der Waals surface area contributed by atoms with E-state index >= 15 is 0 Å². The van der Waals surface area contributed by atoms with Crippen LogP contribution < -0.4 is 10.6 Å². The van der Waals surface area contributed by atoms with Gasteiger partial charge in [-0.05, 0) is 42.0 Å². The van der Waals surface area contributed by atoms with Gasteiger partial charge in [0.2, 0.25) is 0 Å². The molecule has 0 saturated heterocycles. The Morgan fingerprint density at radius 3 is 2.36 bits per heavy atom. The van der Waals surface area contributed by atoms with Crippen LogP contribution in [0.2, 0.25) is 0 Å². The number of benzene rings is 1. The lowest BCUT2D eigenvalue weighted by Crippen LogP contribution is -2.23. The Morgan fingerprint density at radius 2 is 1.77 bits per heavy atom. The Kier molecular flexibility index (Phi) is 5.33. The van der Waals surface area contributed by atoms with Crippen LogP contribution in [0.4, 0.5) is 5.00 Å². The number of thiophene rings is 1. The summed E-state index contributed by atoms with van der Waals surface area (Å²) in [5.74, 6) is 0.0521. The summed E-state index contributed by atoms with van der Waals surface area (Å²) in [6, 6.07) is 9.25. The van der Waals surface area contributed by atoms with Crippen LogP contribution in [0.1, 0.15) is 53.0 Å². The summed E-state index contributed by atoms with van der Waals surface area (Å²) in [6.07, 6.45) is 0. The van der Waals surface area contributed by atoms with Crippen LogP contribution in [-0.4, -0.2) is 18.4 Å². The molecule has 2 N–H and O–H groups in total. The SMILES string of the molecule is CCNC(=O)c1ccsc1NC(=O)c1ccc(C(C)C)cc1. The van der Waals surface area contributed by atoms with E-state index in [0.717, 1.165) is 0 Å². The molecule has 4 nitrogen and oxygen atoms in total. The number of nitrogens with one attached hydrogen (secondary N) is 2. The van der Waals surface area contributed by atoms with Crippen molar-refractivity contribution in [2.75, 3.05) is 11.9 Å². The van der Waals surface area contributed by atoms with Gasteiger partial charge in [0.1, 0.15) is 5.00 Å². The number of carbonyl (C=O) groups excluding carboxylic acids is 2. The van der Waals surface area contributed by atoms with Crippen LogP contribution in [-0.2, 0) is 0 Å². The maximum absolute atomic E-state index is 12.3. The second kappa shape index (κ2) is 7.22. The Morgan fingerprint density at radius 1 is 1.09 bits per heavy atom. The highest BCUT2D eigenvalue weighted by Gasteiger charge is 2.15. The zero-order valence-corrected chi connectivity index (χ0v) is 13.8. The molecule has 2 aromatic rings. The number of rotatable bonds is 5. The quantitative estimate of drug-likeness (QED) is 0.879. The minimum absolute atomic E-state index is 0.172. The van der Waals surface area contributed by atoms with Crippen molar-refractivity contribution in [1.29, 1.82) is 0 Å². The second-order valence-electron chi connectivity index (χ2n) is 5.25. The number of hydrogen-bond donors (Lipinski definition) is 2. The fraction of sp³-hybridized carbons (Fsp3) is 0.294. The molecule has 0 aliphatic heterocycles. The van der Waals surface area contributed by atoms with Crippen LogP contribution in [0, 0.1) is 0 Å². The molecule has 0 spiro atoms. The van der Waals surface area contributed by atoms with Crippen molar-refractivity contribution in [1.82, 2.24) is 5.32 Å². The molecule has 22 heavy (non-hydrogen) atoms. The first-order valence-corrected chi connectivity index (χ1v) is 8.18. The standard InChI is InChI=1S/C17H20N2O2S/c1-4-18-16(21)14-9-10-22-17(14)19-15(20)13-7-5-12(6-8-13)11(2)3/h5-11H,4H2,1-3H3,(H,18,21)(H,19,20). The van der Waals surface area contributed by atoms with Gasteiger partial charge in [0, 0.05) is 12.1 Å². The summed E-state index contributed by atoms with van der Waals surface area (Å²) in [5.41, 5.74) is 2.27. The topological polar surface area (TPSA) is 58.2 Å². The molecule has 1 aromatic heterocycles. The highest BCUT2D eigenvalue weighted by molar-refractivity contribution is 7.14. The van der Waals surface area contributed by atoms with E-state index in [9.17, 15) is 9.59 Å². The van der Waals surface area contributed by atoms with Gasteiger partial charge in [0.05, 0.1) is 5.56 Å². The Balaban J connectivity index is 2.12. The first-order chi connectivity index (χ1) is 10.5. The van der Waals surface area contributed by atoms with Gasteiger partial charge >= 0.3 is 0 Å². The van der Waals surface area contributed by atoms with Crippen molar-refractivity contribution in [3.8, 4) is 0 Å². The summed E-state index contributed by atoms with van der Waals surface area (Å²) in [5, 5.41) is 7.92. The molecule has 0 radical (unpaired) electrons. The van der Waals surface area contributed by atoms with Gasteiger partial charge in [-0.2, -0.15) is 0 Å². The molecule has 0 bridgehead atoms. The Labute approximate surface area is 134 Å². The van der Waals surface area contributed by atoms with Gasteiger partial charge in [-0.15, -0.1) is 11.3 Å². The molecule has 1 heterocycles. The molecule has 5 heteroatoms. The molecule has 0 unspecified atom stereocenters. The van der Waals surface area contributed by atoms with E-state index < -0.39 is 0 Å². The van der Waals surface area contributed by atoms with E-state index in [1.807, 2.05) is 31.2 Å². The summed E-state index contributed by atoms with van der Waals surface area (Å²) in [6.45, 7) is 6.64. The molecule has 0 aliphatic rings. The molecule has 0 aliphatic carbocycles. The third-order valence-corrected chi connectivity index (χ3v) is 4.14. The fourth-order valence-corrected chi connectivity index (χ4v) is 2.81. The minimum atomic E-state index is -0.205. The summed E-state index contributed by atoms with van der Waals surface area (Å²) in [4.78, 5) is 24.2. The van der Waals surface area contributed by atoms with Gasteiger partial charge in [-0.1, -0.05) is 26.0 Å². The molecular weight excluding hydrogens is 296 g/mol. The first-order valence-electron chi connectivity index (χ1n) is 7.30. The highest BCUT2D eigenvalue weighted by Crippen LogP contribution is 2.24. The van der Waals surface area contributed by atoms with E-state index in [1.165, 1.54) is 16.9 Å². The summed E-state index contributed by atoms with van der Waals surface area (Å²) in [7, 11) is 0. The monoisotopic (exact) mass is 316 g/mol. The molecule has 0 fully saturated rings. The molecule has 0 saturated carbocycles. The Bertz CT molecular complexity index is 660. The van der Waals surface area contributed by atoms with E-state index in [2.05, 4.69) is 24.5 Å². The van der Waals surface area contributed by atoms with Crippen molar-refractivity contribution < 1.29 is 9.59 Å². The predicted octanol–water partition coefficient (Wildman–Crippen LogP) is 3.87. The third kappa shape index (κ3) is 3.74. The molecule has 2 amide bonds. The largest absolute Gasteiger partial charge is 0.352 e. The van der Waals surface area contributed by atoms with E-state index in [1.54, 1.807) is 11.4 Å². The number of amides is 2. The van der Waals surface area contributed by atoms with Gasteiger partial charge in [0.25, 0.3) is 11.8 Å². The van der Waals surface area contributed by atoms with E-state index in [-0.39, 0.29) is 11.8 Å². The molecular formula is C17H20N2O2S. The average molecular weight is 316 g/mol. The van der Waals surface area contributed by atoms with E-state index in [0.29, 0.717) is 28.6 Å². The van der Waals surface area contributed by atoms with Crippen LogP contribution in [0.3, 0.4) is 0 Å². The van der Waals surface area contributed by atoms with Crippen LogP contribution in [0.5, 0.6) is 0 Å². The van der Waals surface area contributed by atoms with Crippen molar-refractivity contribution in [2.24, 2.45) is 0 Å². The lowest BCUT2D eigenvalue weighted by atomic mass is 10.0. The zero-order valence-electron chi connectivity index (χ0n) is 13.0. The highest BCUT2D eigenvalue weighted by atomic mass is 32.1. The second-order valence-corrected chi connectivity index (χ2v) is 6.17. The minimum Gasteiger partial charge on any atom is -0.352 e. The first kappa shape index (κ1) is 16.2. The maximum atomic E-state index is 12.3. The van der Waals surface area contributed by atoms with E-state index in [4.69, 9.17) is 0 Å². The predicted molar refractivity (Wildman–Crippen MR) is 90.8 cm³/mol. The normalized spacial score (nSPS) is 10.5. The third-order valence-electron chi connectivity index (χ3n) is 3.31. The average Bonchev–Trinajstić information content (AvgIpc) is 2.95. The summed E-state index contributed by atoms with van der Waals surface area (Å²) >= 11 is 1.34. The summed E-state index contributed by atoms with van der Waals surface area (Å²) < 4.78 is 0. The maximum Gasteiger partial charge on any atom is 0.256 e. The molecule has 116 valence electrons. The molecule has 0 atom stereocenters. The molecule has 2 rings (SSSR count). The number of hydrogen-bond acceptors (Lipinski definition) is 3. The Hall–Kier alpha value is -2.14. The van der Waals surface area contributed by atoms with Crippen molar-refractivity contribution in [3.05, 3.63) is 52.4 Å². The molecule has 1 aromatic carbocycles. The zero-order chi connectivity index (χ0) is 16.1. The van der Waals surface area contributed by atoms with Gasteiger partial charge in [-0.25, -0.2) is 0 Å². The van der Waals surface area contributed by atoms with Gasteiger partial charge in [-0.3, -0.25) is 9.59 Å². The lowest BCUT2D eigenvalue weighted by Gasteiger charge is -2.08. The van der Waals surface area contributed by atoms with Crippen LogP contribution >= 0.6 is 11.3 Å². The van der Waals surface area contributed by atoms with Crippen LogP contribution in [0.25, 0.3) is 0 Å². The number of anilines is 1. The van der Waals surface area contributed by atoms with Gasteiger partial charge in [0.15, 0.2) is 0 Å². The lowest BCUT2D eigenvalue weighted by molar-refractivity contribution is 0.0957. The smallest absolute Gasteiger partial charge is 0.256 e. The van der Waals surface area contributed by atoms with Crippen molar-refractivity contribution in [2.45, 2.75) is 26.7 Å². The number of carbonyl (C=O) groups is 2. The van der Waals surface area contributed by atoms with Crippen molar-refractivity contribution >= 4 is 28.2 Å².